The number of ketones is 1. The van der Waals surface area contributed by atoms with Gasteiger partial charge in [-0.2, -0.15) is 0 Å². The molecule has 0 aliphatic rings. The zero-order valence-electron chi connectivity index (χ0n) is 9.24. The number of hydrogen-bond donors (Lipinski definition) is 1. The van der Waals surface area contributed by atoms with Crippen LogP contribution in [0.3, 0.4) is 0 Å². The Labute approximate surface area is 85.6 Å². The number of benzene rings is 1. The van der Waals surface area contributed by atoms with Crippen LogP contribution in [0.25, 0.3) is 0 Å². The van der Waals surface area contributed by atoms with Gasteiger partial charge in [0.05, 0.1) is 0 Å². The lowest BCUT2D eigenvalue weighted by atomic mass is 9.95. The van der Waals surface area contributed by atoms with E-state index in [0.29, 0.717) is 5.92 Å². The summed E-state index contributed by atoms with van der Waals surface area (Å²) in [7, 11) is 1.00. The molecule has 78 valence electrons. The lowest BCUT2D eigenvalue weighted by molar-refractivity contribution is 0.101. The Kier molecular flexibility index (Phi) is 5.81. The zero-order valence-corrected chi connectivity index (χ0v) is 9.24. The van der Waals surface area contributed by atoms with Crippen LogP contribution in [0, 0.1) is 0 Å². The summed E-state index contributed by atoms with van der Waals surface area (Å²) in [5.41, 5.74) is 2.00. The average Bonchev–Trinajstić information content (AvgIpc) is 2.20. The highest BCUT2D eigenvalue weighted by Crippen LogP contribution is 2.19. The van der Waals surface area contributed by atoms with E-state index in [2.05, 4.69) is 13.8 Å². The first-order chi connectivity index (χ1) is 6.63. The number of rotatable bonds is 2. The highest BCUT2D eigenvalue weighted by Gasteiger charge is 2.08. The maximum Gasteiger partial charge on any atom is 0.160 e. The van der Waals surface area contributed by atoms with E-state index in [1.165, 1.54) is 0 Å². The molecular weight excluding hydrogens is 176 g/mol. The second-order valence-electron chi connectivity index (χ2n) is 3.30. The van der Waals surface area contributed by atoms with Crippen molar-refractivity contribution < 1.29 is 9.90 Å². The summed E-state index contributed by atoms with van der Waals surface area (Å²) in [5.74, 6) is 0.574. The van der Waals surface area contributed by atoms with Crippen molar-refractivity contribution >= 4 is 5.78 Å². The Morgan fingerprint density at radius 1 is 1.21 bits per heavy atom. The summed E-state index contributed by atoms with van der Waals surface area (Å²) >= 11 is 0. The van der Waals surface area contributed by atoms with Gasteiger partial charge in [0, 0.05) is 12.7 Å². The van der Waals surface area contributed by atoms with E-state index in [4.69, 9.17) is 5.11 Å². The Morgan fingerprint density at radius 3 is 2.07 bits per heavy atom. The molecule has 0 saturated heterocycles. The van der Waals surface area contributed by atoms with E-state index < -0.39 is 0 Å². The molecule has 0 aliphatic heterocycles. The lowest BCUT2D eigenvalue weighted by Crippen LogP contribution is -2.00. The van der Waals surface area contributed by atoms with Gasteiger partial charge in [0.1, 0.15) is 0 Å². The van der Waals surface area contributed by atoms with Crippen LogP contribution in [-0.4, -0.2) is 18.0 Å². The Morgan fingerprint density at radius 2 is 1.71 bits per heavy atom. The van der Waals surface area contributed by atoms with E-state index >= 15 is 0 Å². The highest BCUT2D eigenvalue weighted by atomic mass is 16.2. The molecule has 0 heterocycles. The number of aliphatic hydroxyl groups excluding tert-OH is 1. The third-order valence-corrected chi connectivity index (χ3v) is 1.96. The maximum atomic E-state index is 11.2. The van der Waals surface area contributed by atoms with Gasteiger partial charge in [0.15, 0.2) is 5.78 Å². The predicted molar refractivity (Wildman–Crippen MR) is 58.7 cm³/mol. The van der Waals surface area contributed by atoms with Crippen LogP contribution in [0.2, 0.25) is 0 Å². The molecule has 1 aromatic rings. The fourth-order valence-electron chi connectivity index (χ4n) is 1.32. The number of hydrogen-bond acceptors (Lipinski definition) is 2. The van der Waals surface area contributed by atoms with E-state index in [-0.39, 0.29) is 5.78 Å². The average molecular weight is 194 g/mol. The summed E-state index contributed by atoms with van der Waals surface area (Å²) in [4.78, 5) is 11.2. The van der Waals surface area contributed by atoms with Crippen molar-refractivity contribution in [1.82, 2.24) is 0 Å². The summed E-state index contributed by atoms with van der Waals surface area (Å²) < 4.78 is 0. The summed E-state index contributed by atoms with van der Waals surface area (Å²) in [6, 6.07) is 7.78. The van der Waals surface area contributed by atoms with Crippen molar-refractivity contribution in [2.75, 3.05) is 7.11 Å². The molecule has 14 heavy (non-hydrogen) atoms. The smallest absolute Gasteiger partial charge is 0.160 e. The third kappa shape index (κ3) is 3.30. The number of aliphatic hydroxyl groups is 1. The van der Waals surface area contributed by atoms with Gasteiger partial charge in [-0.05, 0) is 18.4 Å². The van der Waals surface area contributed by atoms with Gasteiger partial charge in [-0.1, -0.05) is 38.1 Å². The molecule has 2 heteroatoms. The highest BCUT2D eigenvalue weighted by molar-refractivity contribution is 5.95. The molecule has 0 bridgehead atoms. The minimum absolute atomic E-state index is 0.152. The molecule has 0 atom stereocenters. The van der Waals surface area contributed by atoms with Crippen molar-refractivity contribution in [2.24, 2.45) is 0 Å². The first kappa shape index (κ1) is 12.8. The molecule has 0 unspecified atom stereocenters. The van der Waals surface area contributed by atoms with E-state index in [1.807, 2.05) is 24.3 Å². The van der Waals surface area contributed by atoms with Gasteiger partial charge >= 0.3 is 0 Å². The van der Waals surface area contributed by atoms with Gasteiger partial charge < -0.3 is 5.11 Å². The van der Waals surface area contributed by atoms with Gasteiger partial charge in [0.25, 0.3) is 0 Å². The van der Waals surface area contributed by atoms with Gasteiger partial charge in [0.2, 0.25) is 0 Å². The van der Waals surface area contributed by atoms with Gasteiger partial charge in [-0.25, -0.2) is 0 Å². The van der Waals surface area contributed by atoms with Crippen molar-refractivity contribution in [2.45, 2.75) is 26.7 Å². The van der Waals surface area contributed by atoms with E-state index in [9.17, 15) is 4.79 Å². The van der Waals surface area contributed by atoms with Gasteiger partial charge in [-0.3, -0.25) is 4.79 Å². The lowest BCUT2D eigenvalue weighted by Gasteiger charge is -2.09. The molecule has 0 amide bonds. The fraction of sp³-hybridized carbons (Fsp3) is 0.417. The second-order valence-corrected chi connectivity index (χ2v) is 3.30. The first-order valence-corrected chi connectivity index (χ1v) is 4.67. The molecule has 0 spiro atoms. The largest absolute Gasteiger partial charge is 0.400 e. The Bertz CT molecular complexity index is 290. The van der Waals surface area contributed by atoms with Crippen LogP contribution in [0.1, 0.15) is 42.6 Å². The maximum absolute atomic E-state index is 11.2. The topological polar surface area (TPSA) is 37.3 Å². The zero-order chi connectivity index (χ0) is 11.1. The predicted octanol–water partition coefficient (Wildman–Crippen LogP) is 2.62. The molecule has 0 aliphatic carbocycles. The monoisotopic (exact) mass is 194 g/mol. The van der Waals surface area contributed by atoms with Crippen molar-refractivity contribution in [3.8, 4) is 0 Å². The van der Waals surface area contributed by atoms with Crippen LogP contribution in [0.4, 0.5) is 0 Å². The molecule has 2 nitrogen and oxygen atoms in total. The van der Waals surface area contributed by atoms with Gasteiger partial charge in [-0.15, -0.1) is 0 Å². The van der Waals surface area contributed by atoms with Crippen LogP contribution in [0.5, 0.6) is 0 Å². The van der Waals surface area contributed by atoms with E-state index in [0.717, 1.165) is 18.2 Å². The molecule has 0 aromatic heterocycles. The minimum Gasteiger partial charge on any atom is -0.400 e. The SMILES string of the molecule is CC(=O)c1ccccc1C(C)C.CO. The molecule has 0 radical (unpaired) electrons. The molecule has 1 rings (SSSR count). The van der Waals surface area contributed by atoms with Crippen LogP contribution < -0.4 is 0 Å². The summed E-state index contributed by atoms with van der Waals surface area (Å²) in [6.45, 7) is 5.81. The normalized spacial score (nSPS) is 9.29. The Hall–Kier alpha value is -1.15. The molecular formula is C12H18O2. The fourth-order valence-corrected chi connectivity index (χ4v) is 1.32. The third-order valence-electron chi connectivity index (χ3n) is 1.96. The molecule has 0 saturated carbocycles. The van der Waals surface area contributed by atoms with Crippen LogP contribution >= 0.6 is 0 Å². The molecule has 0 fully saturated rings. The summed E-state index contributed by atoms with van der Waals surface area (Å²) in [5, 5.41) is 7.00. The Balaban J connectivity index is 0.000000791. The quantitative estimate of drug-likeness (QED) is 0.735. The standard InChI is InChI=1S/C11H14O.CH4O/c1-8(2)10-6-4-5-7-11(10)9(3)12;1-2/h4-8H,1-3H3;2H,1H3. The number of carbonyl (C=O) groups excluding carboxylic acids is 1. The summed E-state index contributed by atoms with van der Waals surface area (Å²) in [6.07, 6.45) is 0. The van der Waals surface area contributed by atoms with Crippen molar-refractivity contribution in [3.63, 3.8) is 0 Å². The number of Topliss-reactive ketones (excluding diaryl/α,β-unsaturated/α-hetero) is 1. The van der Waals surface area contributed by atoms with Crippen molar-refractivity contribution in [1.29, 1.82) is 0 Å². The second kappa shape index (κ2) is 6.33. The molecule has 1 aromatic carbocycles. The van der Waals surface area contributed by atoms with Crippen LogP contribution in [-0.2, 0) is 0 Å². The molecule has 1 N–H and O–H groups in total. The van der Waals surface area contributed by atoms with Crippen molar-refractivity contribution in [3.05, 3.63) is 35.4 Å². The first-order valence-electron chi connectivity index (χ1n) is 4.67. The van der Waals surface area contributed by atoms with Crippen LogP contribution in [0.15, 0.2) is 24.3 Å². The minimum atomic E-state index is 0.152. The number of carbonyl (C=O) groups is 1. The van der Waals surface area contributed by atoms with E-state index in [1.54, 1.807) is 6.92 Å².